The topological polar surface area (TPSA) is 62.6 Å². The summed E-state index contributed by atoms with van der Waals surface area (Å²) in [5, 5.41) is 17.9. The minimum atomic E-state index is -1.44. The van der Waals surface area contributed by atoms with Crippen LogP contribution in [0.25, 0.3) is 0 Å². The average molecular weight is 229 g/mol. The maximum Gasteiger partial charge on any atom is 0.488 e. The molecule has 2 N–H and O–H groups in total. The Morgan fingerprint density at radius 1 is 1.00 bits per heavy atom. The first-order valence-corrected chi connectivity index (χ1v) is 5.23. The Labute approximate surface area is 99.7 Å². The summed E-state index contributed by atoms with van der Waals surface area (Å²) in [7, 11) is -1.44. The Balaban J connectivity index is 1.96. The van der Waals surface area contributed by atoms with Crippen molar-refractivity contribution < 1.29 is 14.8 Å². The molecule has 0 unspecified atom stereocenters. The summed E-state index contributed by atoms with van der Waals surface area (Å²) in [5.74, 6) is 0.686. The fourth-order valence-corrected chi connectivity index (χ4v) is 1.38. The number of nitrogens with zero attached hydrogens (tertiary/aromatic N) is 1. The third-order valence-electron chi connectivity index (χ3n) is 2.33. The highest BCUT2D eigenvalue weighted by Crippen LogP contribution is 2.10. The fraction of sp³-hybridized carbons (Fsp3) is 0.0833. The molecule has 17 heavy (non-hydrogen) atoms. The smallest absolute Gasteiger partial charge is 0.488 e. The first-order chi connectivity index (χ1) is 8.25. The van der Waals surface area contributed by atoms with Crippen LogP contribution in [0.4, 0.5) is 0 Å². The molecule has 0 aliphatic carbocycles. The van der Waals surface area contributed by atoms with E-state index in [2.05, 4.69) is 4.98 Å². The maximum atomic E-state index is 8.93. The fourth-order valence-electron chi connectivity index (χ4n) is 1.38. The van der Waals surface area contributed by atoms with Crippen LogP contribution in [0.15, 0.2) is 48.8 Å². The van der Waals surface area contributed by atoms with Gasteiger partial charge in [-0.2, -0.15) is 0 Å². The van der Waals surface area contributed by atoms with Crippen LogP contribution in [-0.4, -0.2) is 22.2 Å². The maximum absolute atomic E-state index is 8.93. The molecule has 2 rings (SSSR count). The van der Waals surface area contributed by atoms with E-state index >= 15 is 0 Å². The molecule has 0 aliphatic heterocycles. The van der Waals surface area contributed by atoms with Crippen LogP contribution in [-0.2, 0) is 6.61 Å². The van der Waals surface area contributed by atoms with Crippen molar-refractivity contribution in [2.24, 2.45) is 0 Å². The van der Waals surface area contributed by atoms with Crippen LogP contribution in [0.5, 0.6) is 5.75 Å². The minimum Gasteiger partial charge on any atom is -0.489 e. The summed E-state index contributed by atoms with van der Waals surface area (Å²) < 4.78 is 5.54. The van der Waals surface area contributed by atoms with Gasteiger partial charge in [0, 0.05) is 12.4 Å². The van der Waals surface area contributed by atoms with E-state index in [1.807, 2.05) is 12.1 Å². The highest BCUT2D eigenvalue weighted by molar-refractivity contribution is 6.58. The van der Waals surface area contributed by atoms with Crippen LogP contribution in [0.1, 0.15) is 5.56 Å². The number of benzene rings is 1. The molecule has 0 spiro atoms. The van der Waals surface area contributed by atoms with Gasteiger partial charge in [-0.1, -0.05) is 12.1 Å². The summed E-state index contributed by atoms with van der Waals surface area (Å²) in [5.41, 5.74) is 1.48. The van der Waals surface area contributed by atoms with Gasteiger partial charge in [0.2, 0.25) is 0 Å². The minimum absolute atomic E-state index is 0.446. The molecule has 5 heteroatoms. The summed E-state index contributed by atoms with van der Waals surface area (Å²) in [4.78, 5) is 3.92. The zero-order chi connectivity index (χ0) is 12.1. The lowest BCUT2D eigenvalue weighted by molar-refractivity contribution is 0.306. The number of aromatic nitrogens is 1. The SMILES string of the molecule is OB(O)c1ccc(OCc2ccncc2)cc1. The number of ether oxygens (including phenoxy) is 1. The number of rotatable bonds is 4. The Morgan fingerprint density at radius 3 is 2.24 bits per heavy atom. The molecular formula is C12H12BNO3. The molecule has 0 saturated heterocycles. The van der Waals surface area contributed by atoms with Crippen LogP contribution in [0.3, 0.4) is 0 Å². The van der Waals surface area contributed by atoms with Gasteiger partial charge in [0.25, 0.3) is 0 Å². The van der Waals surface area contributed by atoms with E-state index in [1.165, 1.54) is 0 Å². The zero-order valence-electron chi connectivity index (χ0n) is 9.15. The highest BCUT2D eigenvalue weighted by Gasteiger charge is 2.09. The van der Waals surface area contributed by atoms with Gasteiger partial charge in [-0.3, -0.25) is 4.98 Å². The van der Waals surface area contributed by atoms with Crippen LogP contribution >= 0.6 is 0 Å². The molecule has 0 saturated carbocycles. The summed E-state index contributed by atoms with van der Waals surface area (Å²) >= 11 is 0. The van der Waals surface area contributed by atoms with Gasteiger partial charge in [0.1, 0.15) is 12.4 Å². The molecule has 86 valence electrons. The first-order valence-electron chi connectivity index (χ1n) is 5.23. The van der Waals surface area contributed by atoms with Crippen molar-refractivity contribution >= 4 is 12.6 Å². The second-order valence-electron chi connectivity index (χ2n) is 3.59. The van der Waals surface area contributed by atoms with E-state index in [1.54, 1.807) is 36.7 Å². The van der Waals surface area contributed by atoms with Crippen molar-refractivity contribution in [1.29, 1.82) is 0 Å². The van der Waals surface area contributed by atoms with Crippen LogP contribution in [0.2, 0.25) is 0 Å². The molecule has 1 aromatic carbocycles. The molecule has 0 radical (unpaired) electrons. The predicted molar refractivity (Wildman–Crippen MR) is 64.8 cm³/mol. The Hall–Kier alpha value is -1.85. The summed E-state index contributed by atoms with van der Waals surface area (Å²) in [6, 6.07) is 10.4. The number of hydrogen-bond acceptors (Lipinski definition) is 4. The largest absolute Gasteiger partial charge is 0.489 e. The van der Waals surface area contributed by atoms with E-state index in [9.17, 15) is 0 Å². The monoisotopic (exact) mass is 229 g/mol. The molecule has 0 aliphatic rings. The Bertz CT molecular complexity index is 459. The average Bonchev–Trinajstić information content (AvgIpc) is 2.38. The number of hydrogen-bond donors (Lipinski definition) is 2. The molecule has 2 aromatic rings. The van der Waals surface area contributed by atoms with Gasteiger partial charge in [-0.15, -0.1) is 0 Å². The standard InChI is InChI=1S/C12H12BNO3/c15-13(16)11-1-3-12(4-2-11)17-9-10-5-7-14-8-6-10/h1-8,15-16H,9H2. The van der Waals surface area contributed by atoms with Gasteiger partial charge >= 0.3 is 7.12 Å². The lowest BCUT2D eigenvalue weighted by Crippen LogP contribution is -2.29. The van der Waals surface area contributed by atoms with E-state index in [0.29, 0.717) is 17.8 Å². The van der Waals surface area contributed by atoms with Crippen molar-refractivity contribution in [2.75, 3.05) is 0 Å². The molecule has 0 amide bonds. The third kappa shape index (κ3) is 3.30. The van der Waals surface area contributed by atoms with Gasteiger partial charge in [-0.05, 0) is 35.3 Å². The summed E-state index contributed by atoms with van der Waals surface area (Å²) in [6.45, 7) is 0.462. The summed E-state index contributed by atoms with van der Waals surface area (Å²) in [6.07, 6.45) is 3.42. The molecule has 1 aromatic heterocycles. The van der Waals surface area contributed by atoms with Gasteiger partial charge in [0.15, 0.2) is 0 Å². The van der Waals surface area contributed by atoms with Gasteiger partial charge in [0.05, 0.1) is 0 Å². The molecule has 1 heterocycles. The highest BCUT2D eigenvalue weighted by atomic mass is 16.5. The Morgan fingerprint density at radius 2 is 1.65 bits per heavy atom. The lowest BCUT2D eigenvalue weighted by Gasteiger charge is -2.06. The quantitative estimate of drug-likeness (QED) is 0.742. The predicted octanol–water partition coefficient (Wildman–Crippen LogP) is 0.340. The van der Waals surface area contributed by atoms with Crippen molar-refractivity contribution in [2.45, 2.75) is 6.61 Å². The van der Waals surface area contributed by atoms with Crippen molar-refractivity contribution in [3.63, 3.8) is 0 Å². The van der Waals surface area contributed by atoms with E-state index in [4.69, 9.17) is 14.8 Å². The van der Waals surface area contributed by atoms with E-state index in [-0.39, 0.29) is 0 Å². The number of pyridine rings is 1. The van der Waals surface area contributed by atoms with E-state index in [0.717, 1.165) is 5.56 Å². The van der Waals surface area contributed by atoms with Crippen molar-refractivity contribution in [1.82, 2.24) is 4.98 Å². The second kappa shape index (κ2) is 5.47. The van der Waals surface area contributed by atoms with Crippen LogP contribution in [0, 0.1) is 0 Å². The van der Waals surface area contributed by atoms with E-state index < -0.39 is 7.12 Å². The zero-order valence-corrected chi connectivity index (χ0v) is 9.15. The Kier molecular flexibility index (Phi) is 3.75. The normalized spacial score (nSPS) is 10.0. The van der Waals surface area contributed by atoms with Gasteiger partial charge in [-0.25, -0.2) is 0 Å². The van der Waals surface area contributed by atoms with Crippen LogP contribution < -0.4 is 10.2 Å². The molecular weight excluding hydrogens is 217 g/mol. The lowest BCUT2D eigenvalue weighted by atomic mass is 9.80. The molecule has 0 bridgehead atoms. The van der Waals surface area contributed by atoms with Crippen molar-refractivity contribution in [3.8, 4) is 5.75 Å². The third-order valence-corrected chi connectivity index (χ3v) is 2.33. The molecule has 4 nitrogen and oxygen atoms in total. The first kappa shape index (κ1) is 11.6. The second-order valence-corrected chi connectivity index (χ2v) is 3.59. The van der Waals surface area contributed by atoms with Gasteiger partial charge < -0.3 is 14.8 Å². The van der Waals surface area contributed by atoms with Crippen molar-refractivity contribution in [3.05, 3.63) is 54.4 Å². The molecule has 0 fully saturated rings. The molecule has 0 atom stereocenters.